The monoisotopic (exact) mass is 636 g/mol. The highest BCUT2D eigenvalue weighted by atomic mass is 35.5. The second-order valence-electron chi connectivity index (χ2n) is 11.0. The van der Waals surface area contributed by atoms with Crippen molar-refractivity contribution in [3.63, 3.8) is 0 Å². The van der Waals surface area contributed by atoms with Gasteiger partial charge in [0.1, 0.15) is 22.2 Å². The van der Waals surface area contributed by atoms with E-state index in [1.807, 2.05) is 0 Å². The summed E-state index contributed by atoms with van der Waals surface area (Å²) >= 11 is 7.97. The zero-order valence-corrected chi connectivity index (χ0v) is 26.1. The molecule has 0 radical (unpaired) electrons. The number of phenolic OH excluding ortho intramolecular Hbond substituents is 1. The molecule has 1 saturated heterocycles. The minimum atomic E-state index is -0.837. The Morgan fingerprint density at radius 2 is 1.93 bits per heavy atom. The van der Waals surface area contributed by atoms with E-state index in [9.17, 15) is 19.8 Å². The number of hydrogen-bond donors (Lipinski definition) is 4. The molecule has 0 atom stereocenters. The molecular weight excluding hydrogens is 604 g/mol. The van der Waals surface area contributed by atoms with Gasteiger partial charge in [-0.3, -0.25) is 9.59 Å². The van der Waals surface area contributed by atoms with Crippen LogP contribution in [0, 0.1) is 5.41 Å². The second kappa shape index (κ2) is 12.8. The number of ether oxygens (including phenoxy) is 1. The number of benzene rings is 2. The van der Waals surface area contributed by atoms with Gasteiger partial charge in [-0.2, -0.15) is 0 Å². The van der Waals surface area contributed by atoms with E-state index < -0.39 is 22.8 Å². The van der Waals surface area contributed by atoms with Crippen LogP contribution in [0.4, 0.5) is 11.5 Å². The van der Waals surface area contributed by atoms with Gasteiger partial charge in [0.05, 0.1) is 30.2 Å². The zero-order chi connectivity index (χ0) is 31.6. The molecule has 13 heteroatoms. The number of carbonyl (C=O) groups is 1. The van der Waals surface area contributed by atoms with Gasteiger partial charge in [-0.25, -0.2) is 9.97 Å². The van der Waals surface area contributed by atoms with E-state index in [-0.39, 0.29) is 33.2 Å². The average Bonchev–Trinajstić information content (AvgIpc) is 3.02. The van der Waals surface area contributed by atoms with Crippen LogP contribution in [0.25, 0.3) is 11.1 Å². The lowest BCUT2D eigenvalue weighted by Gasteiger charge is -2.39. The van der Waals surface area contributed by atoms with E-state index in [4.69, 9.17) is 22.1 Å². The van der Waals surface area contributed by atoms with E-state index in [0.29, 0.717) is 22.0 Å². The quantitative estimate of drug-likeness (QED) is 0.210. The number of nitrogens with one attached hydrogen (secondary N) is 1. The number of halogens is 1. The zero-order valence-electron chi connectivity index (χ0n) is 24.5. The Morgan fingerprint density at radius 3 is 2.59 bits per heavy atom. The van der Waals surface area contributed by atoms with Crippen LogP contribution in [0.3, 0.4) is 0 Å². The number of nitrogens with two attached hydrogens (primary N) is 1. The number of amides is 1. The molecule has 44 heavy (non-hydrogen) atoms. The molecule has 2 aromatic carbocycles. The van der Waals surface area contributed by atoms with Crippen molar-refractivity contribution in [2.75, 3.05) is 37.0 Å². The fourth-order valence-corrected chi connectivity index (χ4v) is 6.05. The summed E-state index contributed by atoms with van der Waals surface area (Å²) < 4.78 is 6.35. The van der Waals surface area contributed by atoms with Crippen molar-refractivity contribution in [1.82, 2.24) is 14.5 Å². The van der Waals surface area contributed by atoms with E-state index in [1.165, 1.54) is 54.9 Å². The first-order chi connectivity index (χ1) is 21.0. The van der Waals surface area contributed by atoms with Crippen LogP contribution >= 0.6 is 23.4 Å². The lowest BCUT2D eigenvalue weighted by atomic mass is 9.80. The van der Waals surface area contributed by atoms with E-state index in [2.05, 4.69) is 27.1 Å². The third-order valence-corrected chi connectivity index (χ3v) is 9.39. The summed E-state index contributed by atoms with van der Waals surface area (Å²) in [6, 6.07) is 9.52. The summed E-state index contributed by atoms with van der Waals surface area (Å²) in [7, 11) is 2.86. The molecule has 1 aliphatic rings. The number of phenols is 1. The maximum atomic E-state index is 13.4. The Bertz CT molecular complexity index is 1760. The molecule has 0 saturated carbocycles. The molecule has 5 rings (SSSR count). The Balaban J connectivity index is 1.35. The highest BCUT2D eigenvalue weighted by molar-refractivity contribution is 7.99. The van der Waals surface area contributed by atoms with Gasteiger partial charge in [0.2, 0.25) is 0 Å². The first kappa shape index (κ1) is 31.2. The summed E-state index contributed by atoms with van der Waals surface area (Å²) in [5, 5.41) is 24.5. The summed E-state index contributed by atoms with van der Waals surface area (Å²) in [6.45, 7) is 4.62. The summed E-state index contributed by atoms with van der Waals surface area (Å²) in [4.78, 5) is 38.3. The Morgan fingerprint density at radius 1 is 1.18 bits per heavy atom. The van der Waals surface area contributed by atoms with E-state index in [0.717, 1.165) is 31.7 Å². The van der Waals surface area contributed by atoms with Gasteiger partial charge in [-0.05, 0) is 54.6 Å². The first-order valence-corrected chi connectivity index (χ1v) is 15.1. The molecule has 4 aromatic rings. The molecular formula is C31H33ClN6O5S. The van der Waals surface area contributed by atoms with Crippen LogP contribution in [0.1, 0.15) is 30.1 Å². The summed E-state index contributed by atoms with van der Waals surface area (Å²) in [5.74, 6) is -0.475. The molecule has 1 amide bonds. The predicted octanol–water partition coefficient (Wildman–Crippen LogP) is 4.88. The highest BCUT2D eigenvalue weighted by Gasteiger charge is 2.29. The van der Waals surface area contributed by atoms with Crippen LogP contribution in [0.5, 0.6) is 17.2 Å². The van der Waals surface area contributed by atoms with Crippen LogP contribution in [-0.2, 0) is 7.05 Å². The molecule has 3 heterocycles. The molecule has 0 bridgehead atoms. The predicted molar refractivity (Wildman–Crippen MR) is 171 cm³/mol. The molecule has 0 unspecified atom stereocenters. The van der Waals surface area contributed by atoms with E-state index in [1.54, 1.807) is 30.6 Å². The molecule has 0 aliphatic carbocycles. The maximum absolute atomic E-state index is 13.4. The fourth-order valence-electron chi connectivity index (χ4n) is 4.98. The number of rotatable bonds is 8. The lowest BCUT2D eigenvalue weighted by Crippen LogP contribution is -2.42. The summed E-state index contributed by atoms with van der Waals surface area (Å²) in [5.41, 5.74) is 5.81. The van der Waals surface area contributed by atoms with Gasteiger partial charge >= 0.3 is 0 Å². The number of aryl methyl sites for hydroxylation is 1. The number of pyridine rings is 1. The normalized spacial score (nSPS) is 14.3. The van der Waals surface area contributed by atoms with Gasteiger partial charge in [0.25, 0.3) is 11.5 Å². The van der Waals surface area contributed by atoms with Crippen LogP contribution in [0.2, 0.25) is 5.02 Å². The number of hydrogen-bond acceptors (Lipinski definition) is 10. The molecule has 1 fully saturated rings. The number of nitrogens with zero attached hydrogens (tertiary/aromatic N) is 4. The molecule has 0 spiro atoms. The number of methoxy groups -OCH3 is 1. The first-order valence-electron chi connectivity index (χ1n) is 13.9. The lowest BCUT2D eigenvalue weighted by molar-refractivity contribution is 0.102. The number of aromatic hydroxyl groups is 2. The highest BCUT2D eigenvalue weighted by Crippen LogP contribution is 2.39. The maximum Gasteiger partial charge on any atom is 0.267 e. The number of carbonyl (C=O) groups excluding carboxylic acids is 1. The number of anilines is 2. The SMILES string of the molecule is COc1cc(-c2cn(C)c(=O)c(C(=O)Nc3cccc(Sc4cnc(N5CCC(C)(CN)CC5)cn4)c3Cl)c2O)ccc1O. The third kappa shape index (κ3) is 6.33. The summed E-state index contributed by atoms with van der Waals surface area (Å²) in [6.07, 6.45) is 6.82. The van der Waals surface area contributed by atoms with Crippen LogP contribution in [0.15, 0.2) is 69.7 Å². The van der Waals surface area contributed by atoms with Gasteiger partial charge in [-0.15, -0.1) is 0 Å². The Kier molecular flexibility index (Phi) is 9.05. The standard InChI is InChI=1S/C31H33ClN6O5S/c1-31(17-33)9-11-38(12-10-31)24-14-35-25(15-34-24)44-23-6-4-5-20(27(23)32)36-29(41)26-28(40)19(16-37(2)30(26)42)18-7-8-21(39)22(13-18)43-3/h4-8,13-16,39-40H,9-12,17,33H2,1-3H3,(H,36,41). The molecule has 5 N–H and O–H groups in total. The topological polar surface area (TPSA) is 156 Å². The Labute approximate surface area is 263 Å². The van der Waals surface area contributed by atoms with Gasteiger partial charge in [0.15, 0.2) is 11.5 Å². The van der Waals surface area contributed by atoms with Crippen LogP contribution < -0.4 is 26.2 Å². The fraction of sp³-hybridized carbons (Fsp3) is 0.290. The van der Waals surface area contributed by atoms with Crippen molar-refractivity contribution < 1.29 is 19.7 Å². The third-order valence-electron chi connectivity index (χ3n) is 7.89. The van der Waals surface area contributed by atoms with Gasteiger partial charge in [-0.1, -0.05) is 42.4 Å². The number of piperidine rings is 1. The molecule has 2 aromatic heterocycles. The minimum absolute atomic E-state index is 0.0923. The average molecular weight is 637 g/mol. The smallest absolute Gasteiger partial charge is 0.267 e. The van der Waals surface area contributed by atoms with Crippen molar-refractivity contribution in [2.45, 2.75) is 29.7 Å². The number of aromatic nitrogens is 3. The second-order valence-corrected chi connectivity index (χ2v) is 12.4. The molecule has 11 nitrogen and oxygen atoms in total. The largest absolute Gasteiger partial charge is 0.506 e. The van der Waals surface area contributed by atoms with Gasteiger partial charge in [0, 0.05) is 36.8 Å². The van der Waals surface area contributed by atoms with E-state index >= 15 is 0 Å². The van der Waals surface area contributed by atoms with Crippen molar-refractivity contribution in [3.8, 4) is 28.4 Å². The molecule has 230 valence electrons. The molecule has 1 aliphatic heterocycles. The minimum Gasteiger partial charge on any atom is -0.506 e. The van der Waals surface area contributed by atoms with Crippen molar-refractivity contribution in [2.24, 2.45) is 18.2 Å². The van der Waals surface area contributed by atoms with Crippen molar-refractivity contribution >= 4 is 40.8 Å². The van der Waals surface area contributed by atoms with Gasteiger partial charge < -0.3 is 35.5 Å². The van der Waals surface area contributed by atoms with Crippen LogP contribution in [-0.4, -0.2) is 57.4 Å². The van der Waals surface area contributed by atoms with Crippen molar-refractivity contribution in [3.05, 3.63) is 75.9 Å². The Hall–Kier alpha value is -4.26. The van der Waals surface area contributed by atoms with Crippen molar-refractivity contribution in [1.29, 1.82) is 0 Å².